The SMILES string of the molecule is Cc1ncc2c(N)nc3cc(F)c(C(=O)N(CCC#N)Cc4cn5ccccc5n4)cc3n12. The summed E-state index contributed by atoms with van der Waals surface area (Å²) in [7, 11) is 0. The average Bonchev–Trinajstić information content (AvgIpc) is 3.39. The second kappa shape index (κ2) is 7.87. The third-order valence-electron chi connectivity index (χ3n) is 5.52. The number of halogens is 1. The fourth-order valence-corrected chi connectivity index (χ4v) is 3.97. The molecule has 0 bridgehead atoms. The number of hydrogen-bond acceptors (Lipinski definition) is 6. The lowest BCUT2D eigenvalue weighted by Gasteiger charge is -2.21. The highest BCUT2D eigenvalue weighted by molar-refractivity contribution is 5.98. The summed E-state index contributed by atoms with van der Waals surface area (Å²) in [5.74, 6) is -0.387. The number of carbonyl (C=O) groups excluding carboxylic acids is 1. The maximum absolute atomic E-state index is 15.1. The van der Waals surface area contributed by atoms with E-state index < -0.39 is 11.7 Å². The van der Waals surface area contributed by atoms with Gasteiger partial charge in [-0.15, -0.1) is 0 Å². The summed E-state index contributed by atoms with van der Waals surface area (Å²) in [6.45, 7) is 2.07. The van der Waals surface area contributed by atoms with Gasteiger partial charge in [-0.1, -0.05) is 6.07 Å². The summed E-state index contributed by atoms with van der Waals surface area (Å²) in [5, 5.41) is 9.08. The van der Waals surface area contributed by atoms with E-state index in [9.17, 15) is 4.79 Å². The van der Waals surface area contributed by atoms with Crippen molar-refractivity contribution in [1.29, 1.82) is 5.26 Å². The Kier molecular flexibility index (Phi) is 4.86. The number of carbonyl (C=O) groups is 1. The van der Waals surface area contributed by atoms with Crippen LogP contribution in [0.2, 0.25) is 0 Å². The second-order valence-corrected chi connectivity index (χ2v) is 7.68. The van der Waals surface area contributed by atoms with Gasteiger partial charge >= 0.3 is 0 Å². The molecule has 0 aliphatic heterocycles. The fourth-order valence-electron chi connectivity index (χ4n) is 3.97. The molecule has 4 aromatic heterocycles. The maximum atomic E-state index is 15.1. The van der Waals surface area contributed by atoms with Crippen molar-refractivity contribution in [3.8, 4) is 6.07 Å². The van der Waals surface area contributed by atoms with Crippen LogP contribution in [0.4, 0.5) is 10.2 Å². The number of nitrogens with zero attached hydrogens (tertiary/aromatic N) is 7. The minimum Gasteiger partial charge on any atom is -0.382 e. The van der Waals surface area contributed by atoms with E-state index in [4.69, 9.17) is 11.0 Å². The van der Waals surface area contributed by atoms with Crippen molar-refractivity contribution in [3.63, 3.8) is 0 Å². The molecule has 5 rings (SSSR count). The molecular formula is C23H19FN8O. The standard InChI is InChI=1S/C23H19FN8O/c1-14-27-11-20-22(26)29-18-10-17(24)16(9-19(18)32(14)20)23(33)31(8-4-6-25)13-15-12-30-7-3-2-5-21(30)28-15/h2-3,5,7,9-12H,4,8,13H2,1H3,(H2,26,29). The normalized spacial score (nSPS) is 11.3. The number of rotatable bonds is 5. The maximum Gasteiger partial charge on any atom is 0.257 e. The molecule has 5 aromatic rings. The molecule has 0 saturated carbocycles. The number of aromatic nitrogens is 5. The van der Waals surface area contributed by atoms with Crippen LogP contribution in [0.1, 0.15) is 28.3 Å². The molecular weight excluding hydrogens is 423 g/mol. The number of imidazole rings is 2. The predicted molar refractivity (Wildman–Crippen MR) is 120 cm³/mol. The zero-order valence-electron chi connectivity index (χ0n) is 17.7. The first-order valence-corrected chi connectivity index (χ1v) is 10.3. The van der Waals surface area contributed by atoms with Crippen LogP contribution < -0.4 is 5.73 Å². The van der Waals surface area contributed by atoms with E-state index in [1.165, 1.54) is 17.0 Å². The van der Waals surface area contributed by atoms with E-state index in [2.05, 4.69) is 15.0 Å². The molecule has 1 amide bonds. The van der Waals surface area contributed by atoms with E-state index in [1.54, 1.807) is 17.5 Å². The Morgan fingerprint density at radius 3 is 2.91 bits per heavy atom. The highest BCUT2D eigenvalue weighted by atomic mass is 19.1. The number of hydrogen-bond donors (Lipinski definition) is 1. The molecule has 0 atom stereocenters. The molecule has 4 heterocycles. The lowest BCUT2D eigenvalue weighted by atomic mass is 10.1. The van der Waals surface area contributed by atoms with Crippen molar-refractivity contribution in [3.05, 3.63) is 71.8 Å². The molecule has 1 aromatic carbocycles. The van der Waals surface area contributed by atoms with Crippen molar-refractivity contribution < 1.29 is 9.18 Å². The molecule has 0 fully saturated rings. The van der Waals surface area contributed by atoms with Crippen molar-refractivity contribution >= 4 is 33.9 Å². The highest BCUT2D eigenvalue weighted by Gasteiger charge is 2.23. The van der Waals surface area contributed by atoms with Gasteiger partial charge in [-0.2, -0.15) is 5.26 Å². The van der Waals surface area contributed by atoms with Crippen molar-refractivity contribution in [2.75, 3.05) is 12.3 Å². The molecule has 0 aliphatic carbocycles. The van der Waals surface area contributed by atoms with Gasteiger partial charge in [0.25, 0.3) is 5.91 Å². The van der Waals surface area contributed by atoms with Crippen LogP contribution in [0, 0.1) is 24.1 Å². The van der Waals surface area contributed by atoms with Crippen LogP contribution in [-0.4, -0.2) is 41.1 Å². The van der Waals surface area contributed by atoms with Crippen molar-refractivity contribution in [1.82, 2.24) is 28.7 Å². The molecule has 0 aliphatic rings. The zero-order chi connectivity index (χ0) is 23.1. The van der Waals surface area contributed by atoms with Gasteiger partial charge in [0.2, 0.25) is 0 Å². The van der Waals surface area contributed by atoms with E-state index in [0.717, 1.165) is 5.65 Å². The minimum atomic E-state index is -0.714. The van der Waals surface area contributed by atoms with Gasteiger partial charge in [0.1, 0.15) is 28.6 Å². The molecule has 0 unspecified atom stereocenters. The third kappa shape index (κ3) is 3.49. The Balaban J connectivity index is 1.58. The van der Waals surface area contributed by atoms with Crippen LogP contribution in [-0.2, 0) is 6.54 Å². The van der Waals surface area contributed by atoms with E-state index >= 15 is 4.39 Å². The number of benzene rings is 1. The van der Waals surface area contributed by atoms with Crippen LogP contribution in [0.3, 0.4) is 0 Å². The molecule has 0 spiro atoms. The first-order valence-electron chi connectivity index (χ1n) is 10.3. The van der Waals surface area contributed by atoms with Gasteiger partial charge in [0.15, 0.2) is 0 Å². The van der Waals surface area contributed by atoms with Crippen molar-refractivity contribution in [2.24, 2.45) is 0 Å². The Hall–Kier alpha value is -4.52. The summed E-state index contributed by atoms with van der Waals surface area (Å²) in [4.78, 5) is 27.9. The number of nitrogens with two attached hydrogens (primary N) is 1. The first kappa shape index (κ1) is 20.4. The molecule has 10 heteroatoms. The third-order valence-corrected chi connectivity index (χ3v) is 5.52. The molecule has 33 heavy (non-hydrogen) atoms. The predicted octanol–water partition coefficient (Wildman–Crippen LogP) is 3.12. The lowest BCUT2D eigenvalue weighted by molar-refractivity contribution is 0.0740. The number of aryl methyl sites for hydroxylation is 1. The number of anilines is 1. The number of nitriles is 1. The minimum absolute atomic E-state index is 0.108. The lowest BCUT2D eigenvalue weighted by Crippen LogP contribution is -2.32. The quantitative estimate of drug-likeness (QED) is 0.447. The Morgan fingerprint density at radius 2 is 2.12 bits per heavy atom. The molecule has 164 valence electrons. The summed E-state index contributed by atoms with van der Waals surface area (Å²) in [5.41, 5.74) is 8.66. The van der Waals surface area contributed by atoms with Gasteiger partial charge in [-0.3, -0.25) is 9.20 Å². The van der Waals surface area contributed by atoms with Crippen LogP contribution in [0.15, 0.2) is 48.9 Å². The Morgan fingerprint density at radius 1 is 1.27 bits per heavy atom. The van der Waals surface area contributed by atoms with E-state index in [0.29, 0.717) is 28.1 Å². The van der Waals surface area contributed by atoms with E-state index in [1.807, 2.05) is 41.1 Å². The second-order valence-electron chi connectivity index (χ2n) is 7.68. The van der Waals surface area contributed by atoms with Gasteiger partial charge in [-0.25, -0.2) is 19.3 Å². The largest absolute Gasteiger partial charge is 0.382 e. The monoisotopic (exact) mass is 442 g/mol. The molecule has 2 N–H and O–H groups in total. The Bertz CT molecular complexity index is 1550. The van der Waals surface area contributed by atoms with Crippen LogP contribution in [0.5, 0.6) is 0 Å². The smallest absolute Gasteiger partial charge is 0.257 e. The van der Waals surface area contributed by atoms with Gasteiger partial charge in [0, 0.05) is 25.0 Å². The average molecular weight is 442 g/mol. The van der Waals surface area contributed by atoms with Gasteiger partial charge in [0.05, 0.1) is 47.5 Å². The molecule has 0 radical (unpaired) electrons. The number of pyridine rings is 1. The fraction of sp³-hybridized carbons (Fsp3) is 0.174. The van der Waals surface area contributed by atoms with Gasteiger partial charge < -0.3 is 15.0 Å². The summed E-state index contributed by atoms with van der Waals surface area (Å²) < 4.78 is 18.7. The van der Waals surface area contributed by atoms with Crippen LogP contribution >= 0.6 is 0 Å². The topological polar surface area (TPSA) is 118 Å². The molecule has 0 saturated heterocycles. The van der Waals surface area contributed by atoms with Crippen LogP contribution in [0.25, 0.3) is 22.2 Å². The van der Waals surface area contributed by atoms with E-state index in [-0.39, 0.29) is 30.9 Å². The zero-order valence-corrected chi connectivity index (χ0v) is 17.7. The Labute approximate surface area is 187 Å². The summed E-state index contributed by atoms with van der Waals surface area (Å²) >= 11 is 0. The number of fused-ring (bicyclic) bond motifs is 4. The highest BCUT2D eigenvalue weighted by Crippen LogP contribution is 2.25. The van der Waals surface area contributed by atoms with Crippen molar-refractivity contribution in [2.45, 2.75) is 19.9 Å². The number of nitrogen functional groups attached to an aromatic ring is 1. The molecule has 9 nitrogen and oxygen atoms in total. The summed E-state index contributed by atoms with van der Waals surface area (Å²) in [6, 6.07) is 10.3. The summed E-state index contributed by atoms with van der Waals surface area (Å²) in [6.07, 6.45) is 5.36. The van der Waals surface area contributed by atoms with Gasteiger partial charge in [-0.05, 0) is 25.1 Å². The number of amides is 1. The first-order chi connectivity index (χ1) is 16.0.